The van der Waals surface area contributed by atoms with Crippen LogP contribution in [-0.4, -0.2) is 0 Å². The highest BCUT2D eigenvalue weighted by atomic mass is 14.2. The van der Waals surface area contributed by atoms with Crippen LogP contribution in [-0.2, 0) is 0 Å². The van der Waals surface area contributed by atoms with Crippen LogP contribution >= 0.6 is 0 Å². The summed E-state index contributed by atoms with van der Waals surface area (Å²) in [5, 5.41) is 0. The minimum Gasteiger partial charge on any atom is -0.104 e. The predicted octanol–water partition coefficient (Wildman–Crippen LogP) is 3.76. The maximum Gasteiger partial charge on any atom is 0.00913 e. The second kappa shape index (κ2) is 6.12. The molecule has 0 aliphatic heterocycles. The zero-order valence-electron chi connectivity index (χ0n) is 8.23. The van der Waals surface area contributed by atoms with Crippen LogP contribution in [0.4, 0.5) is 0 Å². The second-order valence-electron chi connectivity index (χ2n) is 3.75. The molecule has 0 aromatic carbocycles. The van der Waals surface area contributed by atoms with Gasteiger partial charge in [0.05, 0.1) is 0 Å². The summed E-state index contributed by atoms with van der Waals surface area (Å²) in [6.07, 6.45) is 10.8. The molecule has 0 N–H and O–H groups in total. The Kier molecular flexibility index (Phi) is 4.92. The molecule has 0 heteroatoms. The first-order valence-electron chi connectivity index (χ1n) is 5.39. The molecule has 0 atom stereocenters. The number of hydrogen-bond donors (Lipinski definition) is 0. The minimum atomic E-state index is 1.00. The van der Waals surface area contributed by atoms with E-state index in [0.717, 1.165) is 18.8 Å². The Morgan fingerprint density at radius 2 is 1.83 bits per heavy atom. The van der Waals surface area contributed by atoms with Crippen molar-refractivity contribution >= 4 is 0 Å². The molecule has 0 heterocycles. The Hall–Kier alpha value is -0.440. The summed E-state index contributed by atoms with van der Waals surface area (Å²) >= 11 is 0. The van der Waals surface area contributed by atoms with E-state index in [1.807, 2.05) is 0 Å². The highest BCUT2D eigenvalue weighted by molar-refractivity contribution is 4.97. The molecule has 0 aromatic rings. The molecule has 0 aromatic heterocycles. The van der Waals surface area contributed by atoms with Crippen LogP contribution in [0.15, 0.2) is 0 Å². The fourth-order valence-corrected chi connectivity index (χ4v) is 1.97. The summed E-state index contributed by atoms with van der Waals surface area (Å²) in [5.74, 6) is 7.37. The average Bonchev–Trinajstić information content (AvgIpc) is 2.14. The first-order valence-corrected chi connectivity index (χ1v) is 5.39. The van der Waals surface area contributed by atoms with E-state index >= 15 is 0 Å². The molecule has 0 amide bonds. The molecule has 12 heavy (non-hydrogen) atoms. The van der Waals surface area contributed by atoms with Crippen molar-refractivity contribution in [3.63, 3.8) is 0 Å². The van der Waals surface area contributed by atoms with Crippen molar-refractivity contribution in [1.29, 1.82) is 0 Å². The van der Waals surface area contributed by atoms with Crippen molar-refractivity contribution in [3.05, 3.63) is 0 Å². The van der Waals surface area contributed by atoms with Gasteiger partial charge in [0.25, 0.3) is 0 Å². The lowest BCUT2D eigenvalue weighted by Gasteiger charge is -2.20. The molecular formula is C12H20. The first kappa shape index (κ1) is 9.65. The Bertz CT molecular complexity index is 153. The predicted molar refractivity (Wildman–Crippen MR) is 53.9 cm³/mol. The van der Waals surface area contributed by atoms with E-state index in [-0.39, 0.29) is 0 Å². The van der Waals surface area contributed by atoms with Crippen LogP contribution in [0.5, 0.6) is 0 Å². The smallest absolute Gasteiger partial charge is 0.00913 e. The van der Waals surface area contributed by atoms with Gasteiger partial charge in [-0.1, -0.05) is 39.0 Å². The molecule has 0 radical (unpaired) electrons. The van der Waals surface area contributed by atoms with E-state index in [9.17, 15) is 0 Å². The quantitative estimate of drug-likeness (QED) is 0.545. The van der Waals surface area contributed by atoms with Crippen molar-refractivity contribution in [2.75, 3.05) is 0 Å². The van der Waals surface area contributed by atoms with E-state index < -0.39 is 0 Å². The van der Waals surface area contributed by atoms with Gasteiger partial charge in [0, 0.05) is 12.8 Å². The maximum absolute atomic E-state index is 3.23. The average molecular weight is 164 g/mol. The van der Waals surface area contributed by atoms with Crippen LogP contribution in [0.2, 0.25) is 0 Å². The molecule has 1 aliphatic carbocycles. The molecule has 0 nitrogen and oxygen atoms in total. The van der Waals surface area contributed by atoms with Gasteiger partial charge in [-0.2, -0.15) is 0 Å². The molecule has 0 bridgehead atoms. The summed E-state index contributed by atoms with van der Waals surface area (Å²) in [5.41, 5.74) is 0. The van der Waals surface area contributed by atoms with Crippen LogP contribution in [0.3, 0.4) is 0 Å². The van der Waals surface area contributed by atoms with Crippen LogP contribution in [0.25, 0.3) is 0 Å². The topological polar surface area (TPSA) is 0 Å². The Balaban J connectivity index is 2.05. The van der Waals surface area contributed by atoms with Crippen molar-refractivity contribution in [2.24, 2.45) is 5.92 Å². The fourth-order valence-electron chi connectivity index (χ4n) is 1.97. The van der Waals surface area contributed by atoms with Gasteiger partial charge in [0.1, 0.15) is 0 Å². The largest absolute Gasteiger partial charge is 0.104 e. The molecule has 1 aliphatic rings. The van der Waals surface area contributed by atoms with Crippen molar-refractivity contribution in [1.82, 2.24) is 0 Å². The summed E-state index contributed by atoms with van der Waals surface area (Å²) in [7, 11) is 0. The molecule has 1 saturated carbocycles. The van der Waals surface area contributed by atoms with E-state index in [0.29, 0.717) is 0 Å². The van der Waals surface area contributed by atoms with Gasteiger partial charge in [-0.25, -0.2) is 0 Å². The SMILES string of the molecule is CCC#CCCC1CCCCC1. The molecule has 68 valence electrons. The van der Waals surface area contributed by atoms with Crippen LogP contribution in [0.1, 0.15) is 58.3 Å². The zero-order valence-corrected chi connectivity index (χ0v) is 8.23. The summed E-state index contributed by atoms with van der Waals surface area (Å²) < 4.78 is 0. The van der Waals surface area contributed by atoms with Gasteiger partial charge in [0.2, 0.25) is 0 Å². The van der Waals surface area contributed by atoms with Gasteiger partial charge >= 0.3 is 0 Å². The van der Waals surface area contributed by atoms with Crippen LogP contribution < -0.4 is 0 Å². The molecule has 0 unspecified atom stereocenters. The highest BCUT2D eigenvalue weighted by Gasteiger charge is 2.11. The first-order chi connectivity index (χ1) is 5.93. The van der Waals surface area contributed by atoms with E-state index in [1.165, 1.54) is 38.5 Å². The lowest BCUT2D eigenvalue weighted by molar-refractivity contribution is 0.342. The lowest BCUT2D eigenvalue weighted by atomic mass is 9.86. The highest BCUT2D eigenvalue weighted by Crippen LogP contribution is 2.26. The third-order valence-corrected chi connectivity index (χ3v) is 2.70. The molecule has 1 rings (SSSR count). The van der Waals surface area contributed by atoms with Crippen molar-refractivity contribution in [2.45, 2.75) is 58.3 Å². The normalized spacial score (nSPS) is 18.4. The van der Waals surface area contributed by atoms with Crippen molar-refractivity contribution < 1.29 is 0 Å². The summed E-state index contributed by atoms with van der Waals surface area (Å²) in [6, 6.07) is 0. The Labute approximate surface area is 76.7 Å². The Morgan fingerprint density at radius 3 is 2.50 bits per heavy atom. The van der Waals surface area contributed by atoms with Crippen LogP contribution in [0, 0.1) is 17.8 Å². The van der Waals surface area contributed by atoms with Gasteiger partial charge in [-0.05, 0) is 12.3 Å². The molecule has 0 saturated heterocycles. The Morgan fingerprint density at radius 1 is 1.08 bits per heavy atom. The third kappa shape index (κ3) is 3.81. The summed E-state index contributed by atoms with van der Waals surface area (Å²) in [4.78, 5) is 0. The van der Waals surface area contributed by atoms with E-state index in [4.69, 9.17) is 0 Å². The zero-order chi connectivity index (χ0) is 8.65. The standard InChI is InChI=1S/C12H20/c1-2-3-4-6-9-12-10-7-5-8-11-12/h12H,2,5-11H2,1H3. The minimum absolute atomic E-state index is 1.00. The monoisotopic (exact) mass is 164 g/mol. The lowest BCUT2D eigenvalue weighted by Crippen LogP contribution is -2.05. The number of rotatable bonds is 2. The molecule has 1 fully saturated rings. The van der Waals surface area contributed by atoms with Gasteiger partial charge < -0.3 is 0 Å². The van der Waals surface area contributed by atoms with E-state index in [2.05, 4.69) is 18.8 Å². The van der Waals surface area contributed by atoms with Gasteiger partial charge in [-0.3, -0.25) is 0 Å². The molecule has 0 spiro atoms. The van der Waals surface area contributed by atoms with Gasteiger partial charge in [0.15, 0.2) is 0 Å². The maximum atomic E-state index is 3.23. The molecular weight excluding hydrogens is 144 g/mol. The second-order valence-corrected chi connectivity index (χ2v) is 3.75. The number of hydrogen-bond acceptors (Lipinski definition) is 0. The van der Waals surface area contributed by atoms with Crippen molar-refractivity contribution in [3.8, 4) is 11.8 Å². The summed E-state index contributed by atoms with van der Waals surface area (Å²) in [6.45, 7) is 2.12. The fraction of sp³-hybridized carbons (Fsp3) is 0.833. The van der Waals surface area contributed by atoms with Gasteiger partial charge in [-0.15, -0.1) is 11.8 Å². The van der Waals surface area contributed by atoms with E-state index in [1.54, 1.807) is 0 Å². The third-order valence-electron chi connectivity index (χ3n) is 2.70.